The van der Waals surface area contributed by atoms with Gasteiger partial charge in [0.05, 0.1) is 12.1 Å². The second kappa shape index (κ2) is 22.7. The quantitative estimate of drug-likeness (QED) is 0.0174. The van der Waals surface area contributed by atoms with Gasteiger partial charge in [0.15, 0.2) is 0 Å². The molecule has 2 heterocycles. The van der Waals surface area contributed by atoms with Crippen LogP contribution in [0.5, 0.6) is 0 Å². The third-order valence-corrected chi connectivity index (χ3v) is 10.6. The van der Waals surface area contributed by atoms with Crippen LogP contribution in [0.1, 0.15) is 58.9 Å². The predicted octanol–water partition coefficient (Wildman–Crippen LogP) is 6.47. The number of fused-ring (bicyclic) bond motifs is 1. The minimum atomic E-state index is -0.764. The second-order valence-corrected chi connectivity index (χ2v) is 15.7. The third kappa shape index (κ3) is 13.2. The van der Waals surface area contributed by atoms with Crippen molar-refractivity contribution in [2.45, 2.75) is 70.0 Å². The molecule has 0 unspecified atom stereocenters. The molecule has 0 spiro atoms. The SMILES string of the molecule is CN(OC(=O)C[B]NC(=O)C(/C=C1\CN=C(/C=C/C=C/C=C2/N(CCCSO)c3ccc(SO)cc3C2(C)C)C1(C)C)=C/NCCCSO)C(=O)CCC=O. The average molecular weight is 813 g/mol. The summed E-state index contributed by atoms with van der Waals surface area (Å²) < 4.78 is 28.0. The van der Waals surface area contributed by atoms with Crippen molar-refractivity contribution in [3.05, 3.63) is 83.3 Å². The van der Waals surface area contributed by atoms with Gasteiger partial charge in [0.1, 0.15) is 6.29 Å². The highest BCUT2D eigenvalue weighted by Gasteiger charge is 2.40. The molecule has 1 radical (unpaired) electrons. The van der Waals surface area contributed by atoms with Gasteiger partial charge in [-0.15, -0.1) is 0 Å². The molecule has 3 rings (SSSR count). The van der Waals surface area contributed by atoms with E-state index in [0.29, 0.717) is 42.9 Å². The smallest absolute Gasteiger partial charge is 0.326 e. The van der Waals surface area contributed by atoms with E-state index in [0.717, 1.165) is 87.3 Å². The molecule has 0 atom stereocenters. The first-order valence-corrected chi connectivity index (χ1v) is 20.5. The topological polar surface area (TPSA) is 181 Å². The van der Waals surface area contributed by atoms with E-state index in [1.54, 1.807) is 12.3 Å². The Labute approximate surface area is 337 Å². The van der Waals surface area contributed by atoms with E-state index in [2.05, 4.69) is 35.4 Å². The number of carbonyl (C=O) groups excluding carboxylic acids is 4. The molecular formula is C38H51BN5O8S3. The molecule has 17 heteroatoms. The number of nitrogens with one attached hydrogen (secondary N) is 2. The summed E-state index contributed by atoms with van der Waals surface area (Å²) in [4.78, 5) is 60.7. The summed E-state index contributed by atoms with van der Waals surface area (Å²) in [5.74, 6) is -0.596. The molecular weight excluding hydrogens is 761 g/mol. The Morgan fingerprint density at radius 2 is 1.80 bits per heavy atom. The van der Waals surface area contributed by atoms with Gasteiger partial charge >= 0.3 is 5.97 Å². The van der Waals surface area contributed by atoms with Crippen molar-refractivity contribution in [1.29, 1.82) is 0 Å². The fourth-order valence-electron chi connectivity index (χ4n) is 5.99. The molecule has 1 aromatic carbocycles. The van der Waals surface area contributed by atoms with Crippen LogP contribution in [0, 0.1) is 5.41 Å². The number of nitrogens with zero attached hydrogens (tertiary/aromatic N) is 3. The lowest BCUT2D eigenvalue weighted by Crippen LogP contribution is -2.34. The number of hydrogen-bond acceptors (Lipinski definition) is 14. The second-order valence-electron chi connectivity index (χ2n) is 13.7. The van der Waals surface area contributed by atoms with Gasteiger partial charge in [-0.05, 0) is 84.5 Å². The van der Waals surface area contributed by atoms with Gasteiger partial charge in [-0.3, -0.25) is 19.4 Å². The van der Waals surface area contributed by atoms with E-state index in [4.69, 9.17) is 14.4 Å². The Kier molecular flexibility index (Phi) is 18.9. The van der Waals surface area contributed by atoms with E-state index in [-0.39, 0.29) is 24.6 Å². The van der Waals surface area contributed by atoms with E-state index in [1.807, 2.05) is 56.4 Å². The van der Waals surface area contributed by atoms with Crippen molar-refractivity contribution >= 4 is 79.0 Å². The molecule has 0 fully saturated rings. The Bertz CT molecular complexity index is 1710. The molecule has 0 aromatic heterocycles. The van der Waals surface area contributed by atoms with Crippen LogP contribution in [0.3, 0.4) is 0 Å². The number of aldehydes is 1. The number of carbonyl (C=O) groups is 4. The summed E-state index contributed by atoms with van der Waals surface area (Å²) in [6.07, 6.45) is 15.0. The molecule has 2 aliphatic heterocycles. The van der Waals surface area contributed by atoms with Crippen molar-refractivity contribution in [2.24, 2.45) is 10.4 Å². The highest BCUT2D eigenvalue weighted by Crippen LogP contribution is 2.48. The van der Waals surface area contributed by atoms with E-state index in [1.165, 1.54) is 14.5 Å². The first-order chi connectivity index (χ1) is 26.3. The zero-order valence-electron chi connectivity index (χ0n) is 31.9. The van der Waals surface area contributed by atoms with Crippen molar-refractivity contribution in [1.82, 2.24) is 15.6 Å². The lowest BCUT2D eigenvalue weighted by Gasteiger charge is -2.27. The highest BCUT2D eigenvalue weighted by atomic mass is 32.2. The Morgan fingerprint density at radius 1 is 1.05 bits per heavy atom. The fraction of sp³-hybridized carbons (Fsp3) is 0.447. The molecule has 2 aliphatic rings. The molecule has 297 valence electrons. The Balaban J connectivity index is 1.71. The molecule has 0 saturated carbocycles. The summed E-state index contributed by atoms with van der Waals surface area (Å²) in [6.45, 7) is 10.1. The summed E-state index contributed by atoms with van der Waals surface area (Å²) in [6, 6.07) is 5.97. The maximum atomic E-state index is 13.3. The highest BCUT2D eigenvalue weighted by molar-refractivity contribution is 7.94. The number of hydrogen-bond donors (Lipinski definition) is 5. The number of hydroxylamine groups is 2. The zero-order valence-corrected chi connectivity index (χ0v) is 34.4. The van der Waals surface area contributed by atoms with Crippen LogP contribution in [-0.4, -0.2) is 94.1 Å². The molecule has 55 heavy (non-hydrogen) atoms. The predicted molar refractivity (Wildman–Crippen MR) is 224 cm³/mol. The van der Waals surface area contributed by atoms with Crippen molar-refractivity contribution in [3.8, 4) is 0 Å². The molecule has 2 amide bonds. The van der Waals surface area contributed by atoms with Gasteiger partial charge in [-0.1, -0.05) is 45.9 Å². The normalized spacial score (nSPS) is 17.5. The van der Waals surface area contributed by atoms with Crippen LogP contribution in [0.15, 0.2) is 87.6 Å². The van der Waals surface area contributed by atoms with E-state index >= 15 is 0 Å². The number of benzene rings is 1. The fourth-order valence-corrected chi connectivity index (χ4v) is 6.82. The Hall–Kier alpha value is -3.74. The summed E-state index contributed by atoms with van der Waals surface area (Å²) >= 11 is 2.32. The van der Waals surface area contributed by atoms with Gasteiger partial charge in [-0.25, -0.2) is 0 Å². The number of rotatable bonds is 21. The lowest BCUT2D eigenvalue weighted by molar-refractivity contribution is -0.190. The molecule has 13 nitrogen and oxygen atoms in total. The molecule has 0 aliphatic carbocycles. The number of aliphatic imine (C=N–C) groups is 1. The van der Waals surface area contributed by atoms with Gasteiger partial charge in [0.2, 0.25) is 5.91 Å². The molecule has 5 N–H and O–H groups in total. The maximum absolute atomic E-state index is 13.3. The Morgan fingerprint density at radius 3 is 2.51 bits per heavy atom. The molecule has 0 bridgehead atoms. The maximum Gasteiger partial charge on any atom is 0.326 e. The monoisotopic (exact) mass is 812 g/mol. The van der Waals surface area contributed by atoms with Gasteiger partial charge in [0, 0.05) is 102 Å². The summed E-state index contributed by atoms with van der Waals surface area (Å²) in [5.41, 5.74) is 4.59. The largest absolute Gasteiger partial charge is 0.399 e. The van der Waals surface area contributed by atoms with Crippen LogP contribution >= 0.6 is 36.1 Å². The number of anilines is 1. The van der Waals surface area contributed by atoms with Crippen molar-refractivity contribution < 1.29 is 37.7 Å². The lowest BCUT2D eigenvalue weighted by atomic mass is 9.80. The third-order valence-electron chi connectivity index (χ3n) is 9.15. The van der Waals surface area contributed by atoms with Crippen LogP contribution in [0.2, 0.25) is 6.32 Å². The minimum absolute atomic E-state index is 0.0180. The van der Waals surface area contributed by atoms with Crippen LogP contribution in [-0.2, 0) is 29.4 Å². The molecule has 0 saturated heterocycles. The van der Waals surface area contributed by atoms with Gasteiger partial charge in [0.25, 0.3) is 13.3 Å². The van der Waals surface area contributed by atoms with E-state index in [9.17, 15) is 28.3 Å². The van der Waals surface area contributed by atoms with Crippen LogP contribution < -0.4 is 15.4 Å². The number of amides is 2. The van der Waals surface area contributed by atoms with E-state index < -0.39 is 23.2 Å². The van der Waals surface area contributed by atoms with Crippen LogP contribution in [0.4, 0.5) is 5.69 Å². The minimum Gasteiger partial charge on any atom is -0.399 e. The van der Waals surface area contributed by atoms with Gasteiger partial charge in [-0.2, -0.15) is 5.06 Å². The average Bonchev–Trinajstić information content (AvgIpc) is 3.55. The summed E-state index contributed by atoms with van der Waals surface area (Å²) in [5, 5.41) is 6.50. The van der Waals surface area contributed by atoms with Crippen LogP contribution in [0.25, 0.3) is 0 Å². The zero-order chi connectivity index (χ0) is 40.4. The standard InChI is InChI=1S/C38H51BN5O8S3/c1-37(2)28(22-27(25-40-17-10-20-53-49)36(48)42-39-24-35(47)52-43(5)34(46)14-9-19-45)26-41-32(37)12-7-6-8-13-33-38(3,4)30-23-29(55-51)15-16-31(30)44(33)18-11-21-54-50/h6-8,12-13,15-16,19,22-23,25,40,49-51H,9-11,14,17-18,20-21,24,26H2,1-5H3,(H,42,48)/b8-6+,12-7+,27-25+,28-22+,33-13+. The van der Waals surface area contributed by atoms with Crippen molar-refractivity contribution in [2.75, 3.05) is 43.1 Å². The van der Waals surface area contributed by atoms with Gasteiger partial charge < -0.3 is 38.7 Å². The number of allylic oxidation sites excluding steroid dienone is 6. The first kappa shape index (κ1) is 45.7. The summed E-state index contributed by atoms with van der Waals surface area (Å²) in [7, 11) is 2.53. The molecule has 1 aromatic rings. The first-order valence-electron chi connectivity index (χ1n) is 17.9. The van der Waals surface area contributed by atoms with Crippen molar-refractivity contribution in [3.63, 3.8) is 0 Å².